The Bertz CT molecular complexity index is 816. The molecule has 2 heterocycles. The van der Waals surface area contributed by atoms with E-state index in [1.54, 1.807) is 11.8 Å². The number of amides is 3. The molecular weight excluding hydrogens is 384 g/mol. The lowest BCUT2D eigenvalue weighted by Crippen LogP contribution is -2.51. The van der Waals surface area contributed by atoms with Gasteiger partial charge in [-0.2, -0.15) is 0 Å². The second-order valence-corrected chi connectivity index (χ2v) is 7.57. The summed E-state index contributed by atoms with van der Waals surface area (Å²) < 4.78 is 5.37. The first-order valence-electron chi connectivity index (χ1n) is 10.5. The van der Waals surface area contributed by atoms with Crippen molar-refractivity contribution in [1.29, 1.82) is 0 Å². The van der Waals surface area contributed by atoms with Gasteiger partial charge in [-0.15, -0.1) is 0 Å². The van der Waals surface area contributed by atoms with E-state index in [0.29, 0.717) is 50.3 Å². The van der Waals surface area contributed by atoms with Crippen molar-refractivity contribution in [2.45, 2.75) is 32.7 Å². The highest BCUT2D eigenvalue weighted by Crippen LogP contribution is 2.32. The molecule has 0 bridgehead atoms. The summed E-state index contributed by atoms with van der Waals surface area (Å²) in [5.41, 5.74) is 7.39. The quantitative estimate of drug-likeness (QED) is 0.662. The fraction of sp³-hybridized carbons (Fsp3) is 0.500. The van der Waals surface area contributed by atoms with Crippen LogP contribution in [0.5, 0.6) is 0 Å². The average Bonchev–Trinajstić information content (AvgIpc) is 2.74. The van der Waals surface area contributed by atoms with Crippen LogP contribution in [0.15, 0.2) is 41.6 Å². The summed E-state index contributed by atoms with van der Waals surface area (Å²) in [5.74, 6) is -0.807. The molecule has 8 nitrogen and oxygen atoms in total. The lowest BCUT2D eigenvalue weighted by Gasteiger charge is -2.39. The maximum Gasteiger partial charge on any atom is 0.338 e. The smallest absolute Gasteiger partial charge is 0.338 e. The fourth-order valence-corrected chi connectivity index (χ4v) is 4.14. The zero-order valence-corrected chi connectivity index (χ0v) is 17.6. The predicted octanol–water partition coefficient (Wildman–Crippen LogP) is 1.79. The second kappa shape index (κ2) is 9.75. The minimum absolute atomic E-state index is 0.117. The molecule has 2 aliphatic rings. The molecule has 3 rings (SSSR count). The van der Waals surface area contributed by atoms with Crippen LogP contribution in [-0.2, 0) is 14.3 Å². The number of rotatable bonds is 7. The number of carbonyl (C=O) groups excluding carboxylic acids is 3. The van der Waals surface area contributed by atoms with Gasteiger partial charge >= 0.3 is 12.0 Å². The highest BCUT2D eigenvalue weighted by Gasteiger charge is 2.38. The summed E-state index contributed by atoms with van der Waals surface area (Å²) in [4.78, 5) is 41.1. The van der Waals surface area contributed by atoms with Gasteiger partial charge < -0.3 is 15.8 Å². The van der Waals surface area contributed by atoms with Crippen molar-refractivity contribution >= 4 is 17.9 Å². The molecule has 0 radical (unpaired) electrons. The zero-order valence-electron chi connectivity index (χ0n) is 17.6. The molecule has 2 aliphatic heterocycles. The van der Waals surface area contributed by atoms with Crippen LogP contribution >= 0.6 is 0 Å². The van der Waals surface area contributed by atoms with E-state index in [1.807, 2.05) is 37.3 Å². The number of hydrogen-bond acceptors (Lipinski definition) is 5. The number of hydrogen-bond donors (Lipinski definition) is 2. The number of nitrogens with zero attached hydrogens (tertiary/aromatic N) is 2. The van der Waals surface area contributed by atoms with Gasteiger partial charge in [-0.1, -0.05) is 30.3 Å². The number of ether oxygens (including phenoxy) is 1. The Morgan fingerprint density at radius 3 is 2.40 bits per heavy atom. The normalized spacial score (nSPS) is 20.8. The van der Waals surface area contributed by atoms with Crippen molar-refractivity contribution in [2.24, 2.45) is 11.7 Å². The highest BCUT2D eigenvalue weighted by atomic mass is 16.5. The van der Waals surface area contributed by atoms with E-state index in [1.165, 1.54) is 0 Å². The minimum atomic E-state index is -0.571. The molecular formula is C22H30N4O4. The number of primary amides is 1. The molecule has 0 aliphatic carbocycles. The summed E-state index contributed by atoms with van der Waals surface area (Å²) in [6.07, 6.45) is 1.36. The van der Waals surface area contributed by atoms with Crippen LogP contribution in [0.4, 0.5) is 4.79 Å². The van der Waals surface area contributed by atoms with E-state index in [-0.39, 0.29) is 24.5 Å². The van der Waals surface area contributed by atoms with E-state index in [2.05, 4.69) is 10.2 Å². The van der Waals surface area contributed by atoms with E-state index >= 15 is 0 Å². The highest BCUT2D eigenvalue weighted by molar-refractivity contribution is 5.95. The number of urea groups is 1. The summed E-state index contributed by atoms with van der Waals surface area (Å²) in [5, 5.41) is 2.96. The number of likely N-dealkylation sites (tertiary alicyclic amines) is 1. The van der Waals surface area contributed by atoms with Crippen LogP contribution in [0.25, 0.3) is 0 Å². The van der Waals surface area contributed by atoms with Gasteiger partial charge in [0.1, 0.15) is 0 Å². The van der Waals surface area contributed by atoms with Gasteiger partial charge in [0.15, 0.2) is 0 Å². The lowest BCUT2D eigenvalue weighted by atomic mass is 9.93. The van der Waals surface area contributed by atoms with Crippen molar-refractivity contribution in [1.82, 2.24) is 15.1 Å². The Morgan fingerprint density at radius 1 is 1.17 bits per heavy atom. The van der Waals surface area contributed by atoms with Gasteiger partial charge in [0.2, 0.25) is 5.91 Å². The third kappa shape index (κ3) is 4.64. The largest absolute Gasteiger partial charge is 0.463 e. The van der Waals surface area contributed by atoms with E-state index in [0.717, 1.165) is 5.56 Å². The first-order chi connectivity index (χ1) is 14.5. The first kappa shape index (κ1) is 21.8. The molecule has 30 heavy (non-hydrogen) atoms. The Kier molecular flexibility index (Phi) is 7.10. The number of nitrogens with one attached hydrogen (secondary N) is 1. The summed E-state index contributed by atoms with van der Waals surface area (Å²) in [6.45, 7) is 6.13. The summed E-state index contributed by atoms with van der Waals surface area (Å²) in [7, 11) is 0. The standard InChI is InChI=1S/C22H30N4O4/c1-3-26-17(14-25-12-10-16(11-13-25)20(23)27)18(21(28)30-4-2)19(24-22(26)29)15-8-6-5-7-9-15/h5-9,16,19H,3-4,10-14H2,1-2H3,(H2,23,27)(H,24,29)/t19-/m0/s1. The average molecular weight is 415 g/mol. The molecule has 1 saturated heterocycles. The Balaban J connectivity index is 1.97. The molecule has 1 atom stereocenters. The second-order valence-electron chi connectivity index (χ2n) is 7.57. The molecule has 1 aromatic carbocycles. The first-order valence-corrected chi connectivity index (χ1v) is 10.5. The van der Waals surface area contributed by atoms with Crippen LogP contribution in [0.2, 0.25) is 0 Å². The SMILES string of the molecule is CCOC(=O)C1=C(CN2CCC(C(N)=O)CC2)N(CC)C(=O)N[C@H]1c1ccccc1. The predicted molar refractivity (Wildman–Crippen MR) is 112 cm³/mol. The molecule has 1 aromatic rings. The van der Waals surface area contributed by atoms with Gasteiger partial charge in [-0.05, 0) is 45.3 Å². The Hall–Kier alpha value is -2.87. The van der Waals surface area contributed by atoms with Gasteiger partial charge in [0.05, 0.1) is 18.2 Å². The van der Waals surface area contributed by atoms with E-state index < -0.39 is 12.0 Å². The van der Waals surface area contributed by atoms with Crippen LogP contribution in [0.3, 0.4) is 0 Å². The molecule has 1 fully saturated rings. The topological polar surface area (TPSA) is 105 Å². The molecule has 0 saturated carbocycles. The molecule has 162 valence electrons. The van der Waals surface area contributed by atoms with Gasteiger partial charge in [-0.3, -0.25) is 14.6 Å². The van der Waals surface area contributed by atoms with Crippen molar-refractivity contribution in [2.75, 3.05) is 32.8 Å². The van der Waals surface area contributed by atoms with Crippen LogP contribution in [0.1, 0.15) is 38.3 Å². The third-order valence-electron chi connectivity index (χ3n) is 5.75. The van der Waals surface area contributed by atoms with E-state index in [4.69, 9.17) is 10.5 Å². The summed E-state index contributed by atoms with van der Waals surface area (Å²) in [6, 6.07) is 8.63. The van der Waals surface area contributed by atoms with Crippen molar-refractivity contribution in [3.8, 4) is 0 Å². The molecule has 8 heteroatoms. The number of nitrogens with two attached hydrogens (primary N) is 1. The monoisotopic (exact) mass is 414 g/mol. The van der Waals surface area contributed by atoms with Gasteiger partial charge in [0.25, 0.3) is 0 Å². The molecule has 3 N–H and O–H groups in total. The number of benzene rings is 1. The maximum atomic E-state index is 13.0. The Morgan fingerprint density at radius 2 is 1.83 bits per heavy atom. The minimum Gasteiger partial charge on any atom is -0.463 e. The number of esters is 1. The molecule has 0 spiro atoms. The zero-order chi connectivity index (χ0) is 21.7. The van der Waals surface area contributed by atoms with Gasteiger partial charge in [0, 0.05) is 24.7 Å². The fourth-order valence-electron chi connectivity index (χ4n) is 4.14. The molecule has 0 aromatic heterocycles. The molecule has 0 unspecified atom stereocenters. The van der Waals surface area contributed by atoms with Crippen LogP contribution < -0.4 is 11.1 Å². The van der Waals surface area contributed by atoms with Crippen molar-refractivity contribution in [3.05, 3.63) is 47.2 Å². The molecule has 3 amide bonds. The Labute approximate surface area is 177 Å². The maximum absolute atomic E-state index is 13.0. The van der Waals surface area contributed by atoms with Crippen LogP contribution in [-0.4, -0.2) is 60.5 Å². The third-order valence-corrected chi connectivity index (χ3v) is 5.75. The summed E-state index contributed by atoms with van der Waals surface area (Å²) >= 11 is 0. The number of carbonyl (C=O) groups is 3. The van der Waals surface area contributed by atoms with Gasteiger partial charge in [-0.25, -0.2) is 9.59 Å². The van der Waals surface area contributed by atoms with Crippen molar-refractivity contribution in [3.63, 3.8) is 0 Å². The van der Waals surface area contributed by atoms with Crippen LogP contribution in [0, 0.1) is 5.92 Å². The lowest BCUT2D eigenvalue weighted by molar-refractivity contribution is -0.139. The van der Waals surface area contributed by atoms with E-state index in [9.17, 15) is 14.4 Å². The number of likely N-dealkylation sites (N-methyl/N-ethyl adjacent to an activating group) is 1. The van der Waals surface area contributed by atoms with Crippen molar-refractivity contribution < 1.29 is 19.1 Å². The number of piperidine rings is 1.